The molecule has 142 valence electrons. The van der Waals surface area contributed by atoms with E-state index in [1.54, 1.807) is 24.7 Å². The predicted molar refractivity (Wildman–Crippen MR) is 103 cm³/mol. The zero-order valence-corrected chi connectivity index (χ0v) is 16.3. The van der Waals surface area contributed by atoms with Gasteiger partial charge in [-0.15, -0.1) is 11.8 Å². The van der Waals surface area contributed by atoms with Crippen LogP contribution in [0.2, 0.25) is 10.0 Å². The minimum absolute atomic E-state index is 0.0473. The molecular formula is C19H15Cl2F3N2S. The second kappa shape index (κ2) is 8.59. The van der Waals surface area contributed by atoms with Crippen molar-refractivity contribution in [2.45, 2.75) is 29.3 Å². The Morgan fingerprint density at radius 3 is 2.41 bits per heavy atom. The summed E-state index contributed by atoms with van der Waals surface area (Å²) in [6.45, 7) is 0.706. The molecule has 27 heavy (non-hydrogen) atoms. The molecule has 3 aromatic rings. The fraction of sp³-hybridized carbons (Fsp3) is 0.211. The number of hydrogen-bond acceptors (Lipinski definition) is 2. The van der Waals surface area contributed by atoms with Crippen LogP contribution in [0.25, 0.3) is 0 Å². The molecule has 0 saturated heterocycles. The molecule has 1 aromatic heterocycles. The minimum atomic E-state index is -4.34. The van der Waals surface area contributed by atoms with E-state index in [0.717, 1.165) is 29.0 Å². The second-order valence-corrected chi connectivity index (χ2v) is 8.00. The lowest BCUT2D eigenvalue weighted by atomic mass is 10.1. The van der Waals surface area contributed by atoms with Gasteiger partial charge in [-0.3, -0.25) is 0 Å². The molecule has 0 amide bonds. The van der Waals surface area contributed by atoms with E-state index >= 15 is 0 Å². The zero-order chi connectivity index (χ0) is 19.4. The normalized spacial score (nSPS) is 12.9. The van der Waals surface area contributed by atoms with Gasteiger partial charge in [-0.25, -0.2) is 4.98 Å². The Hall–Kier alpha value is -1.63. The molecular weight excluding hydrogens is 416 g/mol. The Labute approximate surface area is 169 Å². The van der Waals surface area contributed by atoms with Crippen LogP contribution in [0.3, 0.4) is 0 Å². The summed E-state index contributed by atoms with van der Waals surface area (Å²) in [6.07, 6.45) is 1.67. The maximum Gasteiger partial charge on any atom is 0.416 e. The lowest BCUT2D eigenvalue weighted by Gasteiger charge is -2.19. The fourth-order valence-corrected chi connectivity index (χ4v) is 4.40. The van der Waals surface area contributed by atoms with Gasteiger partial charge in [0.2, 0.25) is 0 Å². The fourth-order valence-electron chi connectivity index (χ4n) is 2.61. The number of imidazole rings is 1. The van der Waals surface area contributed by atoms with Crippen molar-refractivity contribution in [1.29, 1.82) is 0 Å². The number of aryl methyl sites for hydroxylation is 1. The highest BCUT2D eigenvalue weighted by Gasteiger charge is 2.30. The quantitative estimate of drug-likeness (QED) is 0.387. The van der Waals surface area contributed by atoms with Crippen molar-refractivity contribution in [2.75, 3.05) is 0 Å². The molecule has 2 aromatic carbocycles. The van der Waals surface area contributed by atoms with Gasteiger partial charge in [0.15, 0.2) is 0 Å². The summed E-state index contributed by atoms with van der Waals surface area (Å²) in [5.41, 5.74) is 0.234. The van der Waals surface area contributed by atoms with Gasteiger partial charge in [-0.2, -0.15) is 13.2 Å². The smallest absolute Gasteiger partial charge is 0.337 e. The first-order chi connectivity index (χ1) is 12.8. The van der Waals surface area contributed by atoms with Crippen LogP contribution < -0.4 is 0 Å². The van der Waals surface area contributed by atoms with Crippen molar-refractivity contribution in [3.63, 3.8) is 0 Å². The van der Waals surface area contributed by atoms with Crippen molar-refractivity contribution >= 4 is 35.0 Å². The van der Waals surface area contributed by atoms with Gasteiger partial charge in [-0.1, -0.05) is 29.3 Å². The summed E-state index contributed by atoms with van der Waals surface area (Å²) in [5.74, 6) is 0. The van der Waals surface area contributed by atoms with E-state index in [2.05, 4.69) is 4.98 Å². The number of hydrogen-bond donors (Lipinski definition) is 0. The largest absolute Gasteiger partial charge is 0.416 e. The van der Waals surface area contributed by atoms with Crippen LogP contribution in [0.15, 0.2) is 66.1 Å². The van der Waals surface area contributed by atoms with Gasteiger partial charge in [-0.05, 0) is 48.4 Å². The first kappa shape index (κ1) is 20.1. The molecule has 0 spiro atoms. The van der Waals surface area contributed by atoms with Crippen molar-refractivity contribution < 1.29 is 13.2 Å². The van der Waals surface area contributed by atoms with Gasteiger partial charge in [0.05, 0.1) is 11.9 Å². The van der Waals surface area contributed by atoms with Gasteiger partial charge < -0.3 is 4.57 Å². The average molecular weight is 431 g/mol. The Balaban J connectivity index is 1.82. The molecule has 8 heteroatoms. The van der Waals surface area contributed by atoms with E-state index in [1.165, 1.54) is 23.9 Å². The van der Waals surface area contributed by atoms with Crippen LogP contribution in [-0.4, -0.2) is 9.55 Å². The number of nitrogens with zero attached hydrogens (tertiary/aromatic N) is 2. The van der Waals surface area contributed by atoms with Gasteiger partial charge in [0, 0.05) is 39.1 Å². The molecule has 0 bridgehead atoms. The molecule has 0 fully saturated rings. The standard InChI is InChI=1S/C19H15Cl2F3N2S/c20-14-3-6-16(17(21)11-14)18(7-9-26-10-8-25-12-26)27-15-4-1-13(2-5-15)19(22,23)24/h1-6,8,10-12,18H,7,9H2. The van der Waals surface area contributed by atoms with Crippen LogP contribution in [0.1, 0.15) is 22.8 Å². The minimum Gasteiger partial charge on any atom is -0.337 e. The Bertz CT molecular complexity index is 881. The molecule has 0 saturated carbocycles. The Morgan fingerprint density at radius 2 is 1.81 bits per heavy atom. The number of aromatic nitrogens is 2. The number of alkyl halides is 3. The first-order valence-corrected chi connectivity index (χ1v) is 9.71. The van der Waals surface area contributed by atoms with Crippen LogP contribution in [0, 0.1) is 0 Å². The number of benzene rings is 2. The summed E-state index contributed by atoms with van der Waals surface area (Å²) in [5, 5.41) is 1.03. The van der Waals surface area contributed by atoms with E-state index in [4.69, 9.17) is 23.2 Å². The summed E-state index contributed by atoms with van der Waals surface area (Å²) in [6, 6.07) is 10.5. The van der Waals surface area contributed by atoms with E-state index in [1.807, 2.05) is 16.8 Å². The van der Waals surface area contributed by atoms with Crippen LogP contribution in [0.5, 0.6) is 0 Å². The van der Waals surface area contributed by atoms with Crippen molar-refractivity contribution in [1.82, 2.24) is 9.55 Å². The first-order valence-electron chi connectivity index (χ1n) is 8.07. The molecule has 1 heterocycles. The van der Waals surface area contributed by atoms with Crippen LogP contribution in [-0.2, 0) is 12.7 Å². The maximum absolute atomic E-state index is 12.8. The summed E-state index contributed by atoms with van der Waals surface area (Å²) >= 11 is 13.8. The third-order valence-corrected chi connectivity index (χ3v) is 5.86. The number of thioether (sulfide) groups is 1. The van der Waals surface area contributed by atoms with E-state index in [0.29, 0.717) is 16.6 Å². The molecule has 0 N–H and O–H groups in total. The highest BCUT2D eigenvalue weighted by atomic mass is 35.5. The Kier molecular flexibility index (Phi) is 6.40. The lowest BCUT2D eigenvalue weighted by molar-refractivity contribution is -0.137. The van der Waals surface area contributed by atoms with E-state index in [9.17, 15) is 13.2 Å². The van der Waals surface area contributed by atoms with Crippen LogP contribution in [0.4, 0.5) is 13.2 Å². The monoisotopic (exact) mass is 430 g/mol. The summed E-state index contributed by atoms with van der Waals surface area (Å²) < 4.78 is 40.3. The van der Waals surface area contributed by atoms with Gasteiger partial charge >= 0.3 is 6.18 Å². The molecule has 0 aliphatic heterocycles. The van der Waals surface area contributed by atoms with Gasteiger partial charge in [0.1, 0.15) is 0 Å². The van der Waals surface area contributed by atoms with Crippen molar-refractivity contribution in [2.24, 2.45) is 0 Å². The van der Waals surface area contributed by atoms with Crippen molar-refractivity contribution in [3.8, 4) is 0 Å². The topological polar surface area (TPSA) is 17.8 Å². The van der Waals surface area contributed by atoms with Crippen molar-refractivity contribution in [3.05, 3.63) is 82.4 Å². The molecule has 1 atom stereocenters. The number of rotatable bonds is 6. The molecule has 0 radical (unpaired) electrons. The van der Waals surface area contributed by atoms with Crippen LogP contribution >= 0.6 is 35.0 Å². The van der Waals surface area contributed by atoms with Gasteiger partial charge in [0.25, 0.3) is 0 Å². The highest BCUT2D eigenvalue weighted by molar-refractivity contribution is 7.99. The predicted octanol–water partition coefficient (Wildman–Crippen LogP) is 7.13. The molecule has 0 aliphatic carbocycles. The average Bonchev–Trinajstić information content (AvgIpc) is 3.12. The summed E-state index contributed by atoms with van der Waals surface area (Å²) in [4.78, 5) is 4.77. The number of halogens is 5. The highest BCUT2D eigenvalue weighted by Crippen LogP contribution is 2.42. The SMILES string of the molecule is FC(F)(F)c1ccc(SC(CCn2ccnc2)c2ccc(Cl)cc2Cl)cc1. The van der Waals surface area contributed by atoms with E-state index < -0.39 is 11.7 Å². The second-order valence-electron chi connectivity index (χ2n) is 5.88. The molecule has 0 aliphatic rings. The maximum atomic E-state index is 12.8. The molecule has 2 nitrogen and oxygen atoms in total. The Morgan fingerprint density at radius 1 is 1.07 bits per heavy atom. The third-order valence-electron chi connectivity index (χ3n) is 3.98. The molecule has 1 unspecified atom stereocenters. The molecule has 3 rings (SSSR count). The van der Waals surface area contributed by atoms with E-state index in [-0.39, 0.29) is 5.25 Å². The lowest BCUT2D eigenvalue weighted by Crippen LogP contribution is -2.04. The zero-order valence-electron chi connectivity index (χ0n) is 14.0. The third kappa shape index (κ3) is 5.43. The summed E-state index contributed by atoms with van der Waals surface area (Å²) in [7, 11) is 0.